The molecule has 0 atom stereocenters. The van der Waals surface area contributed by atoms with Crippen LogP contribution in [-0.2, 0) is 9.53 Å². The molecule has 1 heterocycles. The number of nitrogens with one attached hydrogen (secondary N) is 2. The third-order valence-corrected chi connectivity index (χ3v) is 2.08. The molecule has 4 N–H and O–H groups in total. The van der Waals surface area contributed by atoms with E-state index >= 15 is 0 Å². The van der Waals surface area contributed by atoms with Gasteiger partial charge in [-0.1, -0.05) is 6.92 Å². The van der Waals surface area contributed by atoms with Crippen LogP contribution in [0.15, 0.2) is 0 Å². The molecular formula is C10H17ClN6O2. The number of ether oxygens (including phenoxy) is 1. The minimum Gasteiger partial charge on any atom is -0.370 e. The van der Waals surface area contributed by atoms with Gasteiger partial charge in [0.05, 0.1) is 6.61 Å². The Morgan fingerprint density at radius 2 is 1.89 bits per heavy atom. The number of primary amides is 1. The van der Waals surface area contributed by atoms with Gasteiger partial charge in [0.25, 0.3) is 0 Å². The summed E-state index contributed by atoms with van der Waals surface area (Å²) in [6, 6.07) is 0. The SMILES string of the molecule is CCCNc1nc(Cl)nc(NCCOCC(N)=O)n1. The summed E-state index contributed by atoms with van der Waals surface area (Å²) < 4.78 is 4.99. The Bertz CT molecular complexity index is 417. The molecule has 8 nitrogen and oxygen atoms in total. The van der Waals surface area contributed by atoms with Crippen LogP contribution < -0.4 is 16.4 Å². The highest BCUT2D eigenvalue weighted by Gasteiger charge is 2.04. The molecule has 1 aromatic rings. The van der Waals surface area contributed by atoms with Gasteiger partial charge in [-0.05, 0) is 18.0 Å². The molecule has 1 amide bonds. The van der Waals surface area contributed by atoms with Crippen LogP contribution in [0.4, 0.5) is 11.9 Å². The highest BCUT2D eigenvalue weighted by molar-refractivity contribution is 6.28. The molecule has 0 aromatic carbocycles. The number of hydrogen-bond donors (Lipinski definition) is 3. The molecule has 9 heteroatoms. The van der Waals surface area contributed by atoms with Gasteiger partial charge < -0.3 is 21.1 Å². The third kappa shape index (κ3) is 6.73. The Morgan fingerprint density at radius 1 is 1.26 bits per heavy atom. The standard InChI is InChI=1S/C10H17ClN6O2/c1-2-3-13-9-15-8(11)16-10(17-9)14-4-5-19-6-7(12)18/h2-6H2,1H3,(H2,12,18)(H2,13,14,15,16,17). The van der Waals surface area contributed by atoms with Crippen LogP contribution in [0.3, 0.4) is 0 Å². The lowest BCUT2D eigenvalue weighted by Gasteiger charge is -2.07. The van der Waals surface area contributed by atoms with Crippen molar-refractivity contribution in [1.29, 1.82) is 0 Å². The van der Waals surface area contributed by atoms with Crippen molar-refractivity contribution in [2.45, 2.75) is 13.3 Å². The van der Waals surface area contributed by atoms with Gasteiger partial charge in [0.15, 0.2) is 0 Å². The number of halogens is 1. The van der Waals surface area contributed by atoms with Crippen molar-refractivity contribution in [3.8, 4) is 0 Å². The van der Waals surface area contributed by atoms with Gasteiger partial charge in [0.2, 0.25) is 23.1 Å². The summed E-state index contributed by atoms with van der Waals surface area (Å²) >= 11 is 5.78. The fraction of sp³-hybridized carbons (Fsp3) is 0.600. The Kier molecular flexibility index (Phi) is 6.83. The van der Waals surface area contributed by atoms with Gasteiger partial charge in [-0.3, -0.25) is 4.79 Å². The average molecular weight is 289 g/mol. The number of carbonyl (C=O) groups is 1. The normalized spacial score (nSPS) is 10.2. The number of hydrogen-bond acceptors (Lipinski definition) is 7. The summed E-state index contributed by atoms with van der Waals surface area (Å²) in [6.45, 7) is 3.42. The topological polar surface area (TPSA) is 115 Å². The van der Waals surface area contributed by atoms with E-state index < -0.39 is 5.91 Å². The smallest absolute Gasteiger partial charge is 0.243 e. The van der Waals surface area contributed by atoms with Gasteiger partial charge in [-0.25, -0.2) is 0 Å². The summed E-state index contributed by atoms with van der Waals surface area (Å²) in [7, 11) is 0. The van der Waals surface area contributed by atoms with E-state index in [0.717, 1.165) is 13.0 Å². The van der Waals surface area contributed by atoms with Crippen molar-refractivity contribution in [3.05, 3.63) is 5.28 Å². The number of rotatable bonds is 9. The minimum atomic E-state index is -0.505. The van der Waals surface area contributed by atoms with E-state index in [2.05, 4.69) is 25.6 Å². The molecule has 0 saturated heterocycles. The zero-order valence-electron chi connectivity index (χ0n) is 10.6. The quantitative estimate of drug-likeness (QED) is 0.558. The molecule has 0 aliphatic rings. The van der Waals surface area contributed by atoms with E-state index in [1.165, 1.54) is 0 Å². The third-order valence-electron chi connectivity index (χ3n) is 1.92. The van der Waals surface area contributed by atoms with Gasteiger partial charge >= 0.3 is 0 Å². The second-order valence-electron chi connectivity index (χ2n) is 3.62. The van der Waals surface area contributed by atoms with Crippen LogP contribution in [0.5, 0.6) is 0 Å². The molecule has 0 aliphatic carbocycles. The molecule has 1 rings (SSSR count). The second kappa shape index (κ2) is 8.44. The summed E-state index contributed by atoms with van der Waals surface area (Å²) in [5.74, 6) is 0.262. The van der Waals surface area contributed by atoms with Crippen LogP contribution in [0, 0.1) is 0 Å². The molecule has 1 aromatic heterocycles. The molecule has 0 bridgehead atoms. The Morgan fingerprint density at radius 3 is 2.47 bits per heavy atom. The number of nitrogens with two attached hydrogens (primary N) is 1. The highest BCUT2D eigenvalue weighted by Crippen LogP contribution is 2.09. The van der Waals surface area contributed by atoms with Gasteiger partial charge in [-0.2, -0.15) is 15.0 Å². The zero-order valence-corrected chi connectivity index (χ0v) is 11.4. The van der Waals surface area contributed by atoms with E-state index in [9.17, 15) is 4.79 Å². The van der Waals surface area contributed by atoms with E-state index in [1.807, 2.05) is 6.92 Å². The predicted octanol–water partition coefficient (Wildman–Crippen LogP) is 0.261. The number of amides is 1. The minimum absolute atomic E-state index is 0.106. The fourth-order valence-electron chi connectivity index (χ4n) is 1.15. The van der Waals surface area contributed by atoms with Crippen LogP contribution in [0.1, 0.15) is 13.3 Å². The van der Waals surface area contributed by atoms with Crippen molar-refractivity contribution in [2.24, 2.45) is 5.73 Å². The largest absolute Gasteiger partial charge is 0.370 e. The van der Waals surface area contributed by atoms with Crippen molar-refractivity contribution >= 4 is 29.4 Å². The van der Waals surface area contributed by atoms with Crippen LogP contribution in [-0.4, -0.2) is 47.2 Å². The molecule has 0 saturated carbocycles. The lowest BCUT2D eigenvalue weighted by Crippen LogP contribution is -2.21. The summed E-state index contributed by atoms with van der Waals surface area (Å²) in [4.78, 5) is 22.4. The monoisotopic (exact) mass is 288 g/mol. The van der Waals surface area contributed by atoms with Crippen molar-refractivity contribution in [3.63, 3.8) is 0 Å². The molecule has 0 unspecified atom stereocenters. The first-order valence-corrected chi connectivity index (χ1v) is 6.25. The molecule has 0 fully saturated rings. The molecule has 106 valence electrons. The van der Waals surface area contributed by atoms with Gasteiger partial charge in [0, 0.05) is 13.1 Å². The number of nitrogens with zero attached hydrogens (tertiary/aromatic N) is 3. The van der Waals surface area contributed by atoms with E-state index in [4.69, 9.17) is 22.1 Å². The van der Waals surface area contributed by atoms with E-state index in [0.29, 0.717) is 25.0 Å². The zero-order chi connectivity index (χ0) is 14.1. The van der Waals surface area contributed by atoms with E-state index in [1.54, 1.807) is 0 Å². The maximum Gasteiger partial charge on any atom is 0.243 e. The van der Waals surface area contributed by atoms with Crippen LogP contribution in [0.2, 0.25) is 5.28 Å². The number of anilines is 2. The number of carbonyl (C=O) groups excluding carboxylic acids is 1. The Hall–Kier alpha value is -1.67. The Labute approximate surface area is 116 Å². The first-order chi connectivity index (χ1) is 9.11. The molecule has 0 aliphatic heterocycles. The summed E-state index contributed by atoms with van der Waals surface area (Å²) in [5, 5.41) is 6.03. The molecule has 0 spiro atoms. The van der Waals surface area contributed by atoms with Crippen LogP contribution >= 0.6 is 11.6 Å². The van der Waals surface area contributed by atoms with Crippen molar-refractivity contribution in [2.75, 3.05) is 36.9 Å². The van der Waals surface area contributed by atoms with Crippen molar-refractivity contribution < 1.29 is 9.53 Å². The lowest BCUT2D eigenvalue weighted by atomic mass is 10.5. The maximum absolute atomic E-state index is 10.4. The highest BCUT2D eigenvalue weighted by atomic mass is 35.5. The summed E-state index contributed by atoms with van der Waals surface area (Å²) in [5.41, 5.74) is 4.93. The Balaban J connectivity index is 2.40. The van der Waals surface area contributed by atoms with Gasteiger partial charge in [0.1, 0.15) is 6.61 Å². The average Bonchev–Trinajstić information content (AvgIpc) is 2.35. The maximum atomic E-state index is 10.4. The number of aromatic nitrogens is 3. The molecular weight excluding hydrogens is 272 g/mol. The van der Waals surface area contributed by atoms with Gasteiger partial charge in [-0.15, -0.1) is 0 Å². The molecule has 19 heavy (non-hydrogen) atoms. The van der Waals surface area contributed by atoms with Crippen LogP contribution in [0.25, 0.3) is 0 Å². The summed E-state index contributed by atoms with van der Waals surface area (Å²) in [6.07, 6.45) is 0.951. The predicted molar refractivity (Wildman–Crippen MR) is 72.1 cm³/mol. The second-order valence-corrected chi connectivity index (χ2v) is 3.96. The first-order valence-electron chi connectivity index (χ1n) is 5.87. The fourth-order valence-corrected chi connectivity index (χ4v) is 1.31. The van der Waals surface area contributed by atoms with E-state index in [-0.39, 0.29) is 11.9 Å². The molecule has 0 radical (unpaired) electrons. The lowest BCUT2D eigenvalue weighted by molar-refractivity contribution is -0.122. The first kappa shape index (κ1) is 15.4. The van der Waals surface area contributed by atoms with Crippen molar-refractivity contribution in [1.82, 2.24) is 15.0 Å².